The normalized spacial score (nSPS) is 45.4. The van der Waals surface area contributed by atoms with Crippen molar-refractivity contribution in [2.24, 2.45) is 0 Å². The van der Waals surface area contributed by atoms with Gasteiger partial charge in [0, 0.05) is 0 Å². The molecule has 0 N–H and O–H groups in total. The van der Waals surface area contributed by atoms with E-state index in [4.69, 9.17) is 23.7 Å². The van der Waals surface area contributed by atoms with Gasteiger partial charge in [-0.2, -0.15) is 0 Å². The summed E-state index contributed by atoms with van der Waals surface area (Å²) in [6, 6.07) is 0. The Morgan fingerprint density at radius 2 is 1.72 bits per heavy atom. The summed E-state index contributed by atoms with van der Waals surface area (Å²) >= 11 is 2.92. The van der Waals surface area contributed by atoms with E-state index >= 15 is 0 Å². The van der Waals surface area contributed by atoms with Gasteiger partial charge in [-0.25, -0.2) is 0 Å². The van der Waals surface area contributed by atoms with E-state index in [1.54, 1.807) is 0 Å². The third-order valence-electron chi connectivity index (χ3n) is 3.33. The third-order valence-corrected chi connectivity index (χ3v) is 3.85. The predicted molar refractivity (Wildman–Crippen MR) is 58.6 cm³/mol. The Morgan fingerprint density at radius 3 is 2.33 bits per heavy atom. The summed E-state index contributed by atoms with van der Waals surface area (Å²) in [5.74, 6) is -1.14. The van der Waals surface area contributed by atoms with Crippen LogP contribution in [0.4, 0.5) is 0 Å². The first-order valence-electron chi connectivity index (χ1n) is 6.15. The fourth-order valence-electron chi connectivity index (χ4n) is 2.64. The first-order chi connectivity index (χ1) is 8.27. The zero-order chi connectivity index (χ0) is 13.1. The van der Waals surface area contributed by atoms with Crippen LogP contribution in [0, 0.1) is 0 Å². The molecule has 5 nitrogen and oxygen atoms in total. The van der Waals surface area contributed by atoms with Crippen molar-refractivity contribution in [1.82, 2.24) is 0 Å². The van der Waals surface area contributed by atoms with Gasteiger partial charge in [0.15, 0.2) is 0 Å². The minimum absolute atomic E-state index is 0.129. The molecule has 4 atom stereocenters. The third kappa shape index (κ3) is 2.21. The van der Waals surface area contributed by atoms with E-state index in [0.717, 1.165) is 4.57 Å². The summed E-state index contributed by atoms with van der Waals surface area (Å²) in [4.78, 5) is 0. The van der Waals surface area contributed by atoms with E-state index < -0.39 is 11.6 Å². The molecule has 3 fully saturated rings. The fourth-order valence-corrected chi connectivity index (χ4v) is 3.10. The van der Waals surface area contributed by atoms with Crippen LogP contribution < -0.4 is 0 Å². The Morgan fingerprint density at radius 1 is 1.00 bits per heavy atom. The molecule has 0 aromatic carbocycles. The average Bonchev–Trinajstić information content (AvgIpc) is 2.81. The van der Waals surface area contributed by atoms with E-state index in [-0.39, 0.29) is 24.4 Å². The van der Waals surface area contributed by atoms with Crippen LogP contribution in [0.2, 0.25) is 0 Å². The van der Waals surface area contributed by atoms with Crippen molar-refractivity contribution >= 4 is 4.57 Å². The Balaban J connectivity index is 1.77. The fraction of sp³-hybridized carbons (Fsp3) is 0.917. The summed E-state index contributed by atoms with van der Waals surface area (Å²) < 4.78 is 29.7. The molecule has 0 amide bonds. The van der Waals surface area contributed by atoms with Gasteiger partial charge in [-0.15, -0.1) is 0 Å². The Kier molecular flexibility index (Phi) is 3.00. The van der Waals surface area contributed by atoms with Crippen LogP contribution in [0.1, 0.15) is 27.7 Å². The molecule has 3 rings (SSSR count). The molecule has 3 aliphatic heterocycles. The van der Waals surface area contributed by atoms with Crippen LogP contribution in [0.5, 0.6) is 0 Å². The second kappa shape index (κ2) is 4.10. The molecule has 0 aromatic rings. The van der Waals surface area contributed by atoms with E-state index in [0.29, 0.717) is 6.61 Å². The molecule has 3 saturated heterocycles. The number of hydrogen-bond donors (Lipinski definition) is 0. The van der Waals surface area contributed by atoms with Crippen molar-refractivity contribution < 1.29 is 39.5 Å². The van der Waals surface area contributed by atoms with Gasteiger partial charge in [0.25, 0.3) is 0 Å². The first-order valence-corrected chi connectivity index (χ1v) is 6.79. The van der Waals surface area contributed by atoms with Gasteiger partial charge in [-0.3, -0.25) is 0 Å². The summed E-state index contributed by atoms with van der Waals surface area (Å²) in [6.07, 6.45) is -0.610. The number of rotatable bonds is 1. The van der Waals surface area contributed by atoms with Crippen LogP contribution in [-0.2, 0) is 39.5 Å². The maximum atomic E-state index is 5.91. The molecule has 102 valence electrons. The average molecular weight is 294 g/mol. The molecule has 3 aliphatic rings. The Labute approximate surface area is 115 Å². The van der Waals surface area contributed by atoms with E-state index in [1.807, 2.05) is 27.7 Å². The molecule has 6 heteroatoms. The molecule has 18 heavy (non-hydrogen) atoms. The molecule has 0 saturated carbocycles. The number of hydrogen-bond acceptors (Lipinski definition) is 5. The monoisotopic (exact) mass is 294 g/mol. The minimum atomic E-state index is -0.582. The van der Waals surface area contributed by atoms with Crippen LogP contribution in [0.15, 0.2) is 0 Å². The van der Waals surface area contributed by atoms with E-state index in [9.17, 15) is 0 Å². The molecule has 0 unspecified atom stereocenters. The van der Waals surface area contributed by atoms with Crippen molar-refractivity contribution in [3.63, 3.8) is 0 Å². The van der Waals surface area contributed by atoms with Crippen molar-refractivity contribution in [2.75, 3.05) is 6.61 Å². The van der Waals surface area contributed by atoms with Crippen molar-refractivity contribution in [1.29, 1.82) is 0 Å². The zero-order valence-corrected chi connectivity index (χ0v) is 12.2. The molecule has 0 spiro atoms. The van der Waals surface area contributed by atoms with Gasteiger partial charge in [-0.05, 0) is 0 Å². The summed E-state index contributed by atoms with van der Waals surface area (Å²) in [5.41, 5.74) is 0. The standard InChI is InChI=1S/C12H18O5.Cr/c1-11(2)14-6-8(15-11)9-10-7(5-13-9)16-12(3,4)17-10;/h7-10H,6H2,1-4H3;/t7-,8+,9-,10-;/m1./s1. The van der Waals surface area contributed by atoms with Gasteiger partial charge in [-0.1, -0.05) is 0 Å². The summed E-state index contributed by atoms with van der Waals surface area (Å²) in [7, 11) is 0. The quantitative estimate of drug-likeness (QED) is 0.713. The van der Waals surface area contributed by atoms with E-state index in [1.165, 1.54) is 0 Å². The van der Waals surface area contributed by atoms with Gasteiger partial charge in [0.2, 0.25) is 0 Å². The van der Waals surface area contributed by atoms with Crippen LogP contribution in [0.25, 0.3) is 0 Å². The summed E-state index contributed by atoms with van der Waals surface area (Å²) in [6.45, 7) is 8.13. The molecule has 0 bridgehead atoms. The van der Waals surface area contributed by atoms with Crippen molar-refractivity contribution in [3.05, 3.63) is 0 Å². The topological polar surface area (TPSA) is 46.2 Å². The first kappa shape index (κ1) is 13.2. The Hall–Kier alpha value is 0.202. The van der Waals surface area contributed by atoms with Gasteiger partial charge >= 0.3 is 114 Å². The van der Waals surface area contributed by atoms with Gasteiger partial charge < -0.3 is 0 Å². The second-order valence-electron chi connectivity index (χ2n) is 5.79. The molecular formula is C12H18CrO5. The second-order valence-corrected chi connectivity index (χ2v) is 6.42. The van der Waals surface area contributed by atoms with Crippen LogP contribution in [0.3, 0.4) is 0 Å². The zero-order valence-electron chi connectivity index (χ0n) is 11.0. The van der Waals surface area contributed by atoms with Crippen LogP contribution in [-0.4, -0.2) is 47.2 Å². The molecule has 0 aromatic heterocycles. The predicted octanol–water partition coefficient (Wildman–Crippen LogP) is 0.733. The molecular weight excluding hydrogens is 276 g/mol. The number of fused-ring (bicyclic) bond motifs is 1. The number of ether oxygens (including phenoxy) is 5. The SMILES string of the molecule is CC1(C)OC[C@@H]([C@H]2O[C](=[Cr])[C@H]3OC(C)(C)O[C@@H]23)O1. The van der Waals surface area contributed by atoms with Crippen molar-refractivity contribution in [3.8, 4) is 0 Å². The van der Waals surface area contributed by atoms with Crippen molar-refractivity contribution in [2.45, 2.75) is 63.7 Å². The molecule has 0 aliphatic carbocycles. The maximum absolute atomic E-state index is 5.91. The Bertz CT molecular complexity index is 381. The van der Waals surface area contributed by atoms with Gasteiger partial charge in [0.05, 0.1) is 0 Å². The molecule has 0 radical (unpaired) electrons. The van der Waals surface area contributed by atoms with Crippen LogP contribution >= 0.6 is 0 Å². The summed E-state index contributed by atoms with van der Waals surface area (Å²) in [5, 5.41) is 0. The molecule has 3 heterocycles. The van der Waals surface area contributed by atoms with E-state index in [2.05, 4.69) is 15.9 Å². The van der Waals surface area contributed by atoms with Gasteiger partial charge in [0.1, 0.15) is 0 Å².